The Morgan fingerprint density at radius 1 is 1.19 bits per heavy atom. The van der Waals surface area contributed by atoms with Crippen molar-refractivity contribution >= 4 is 22.7 Å². The predicted molar refractivity (Wildman–Crippen MR) is 95.9 cm³/mol. The summed E-state index contributed by atoms with van der Waals surface area (Å²) in [6.45, 7) is 0. The van der Waals surface area contributed by atoms with Crippen molar-refractivity contribution in [2.75, 3.05) is 12.4 Å². The van der Waals surface area contributed by atoms with Crippen molar-refractivity contribution in [3.63, 3.8) is 0 Å². The van der Waals surface area contributed by atoms with Gasteiger partial charge in [0.15, 0.2) is 0 Å². The quantitative estimate of drug-likeness (QED) is 0.471. The van der Waals surface area contributed by atoms with E-state index in [0.29, 0.717) is 22.3 Å². The molecule has 2 aromatic carbocycles. The number of hydrogen-bond acceptors (Lipinski definition) is 6. The van der Waals surface area contributed by atoms with Crippen LogP contribution in [0.15, 0.2) is 41.8 Å². The number of non-ortho nitro benzene ring substituents is 1. The molecule has 0 spiro atoms. The van der Waals surface area contributed by atoms with Gasteiger partial charge < -0.3 is 10.4 Å². The summed E-state index contributed by atoms with van der Waals surface area (Å²) in [5.74, 6) is -0.547. The molecule has 3 rings (SSSR count). The summed E-state index contributed by atoms with van der Waals surface area (Å²) in [6.07, 6.45) is -4.56. The predicted octanol–water partition coefficient (Wildman–Crippen LogP) is 5.15. The van der Waals surface area contributed by atoms with E-state index >= 15 is 0 Å². The normalized spacial score (nSPS) is 11.4. The molecule has 0 unspecified atom stereocenters. The number of aromatic hydroxyl groups is 1. The Morgan fingerprint density at radius 2 is 1.93 bits per heavy atom. The lowest BCUT2D eigenvalue weighted by Gasteiger charge is -2.09. The molecule has 1 aromatic heterocycles. The van der Waals surface area contributed by atoms with Gasteiger partial charge in [-0.25, -0.2) is 4.98 Å². The lowest BCUT2D eigenvalue weighted by atomic mass is 10.1. The molecule has 2 N–H and O–H groups in total. The highest BCUT2D eigenvalue weighted by Crippen LogP contribution is 2.39. The van der Waals surface area contributed by atoms with Crippen LogP contribution in [0.1, 0.15) is 5.56 Å². The Labute approximate surface area is 155 Å². The Morgan fingerprint density at radius 3 is 2.52 bits per heavy atom. The van der Waals surface area contributed by atoms with Gasteiger partial charge in [-0.15, -0.1) is 11.3 Å². The number of phenolic OH excluding ortho intramolecular Hbond substituents is 1. The van der Waals surface area contributed by atoms with E-state index in [-0.39, 0.29) is 16.9 Å². The third-order valence-electron chi connectivity index (χ3n) is 3.82. The van der Waals surface area contributed by atoms with Crippen LogP contribution in [0, 0.1) is 10.1 Å². The molecule has 0 aliphatic rings. The first-order valence-corrected chi connectivity index (χ1v) is 8.41. The summed E-state index contributed by atoms with van der Waals surface area (Å²) >= 11 is 1.16. The molecule has 0 atom stereocenters. The maximum atomic E-state index is 12.7. The molecule has 0 aliphatic heterocycles. The number of nitrogens with one attached hydrogen (secondary N) is 1. The van der Waals surface area contributed by atoms with Crippen LogP contribution in [-0.4, -0.2) is 22.1 Å². The minimum atomic E-state index is -4.56. The second kappa shape index (κ2) is 6.88. The Hall–Kier alpha value is -3.14. The Balaban J connectivity index is 2.03. The highest BCUT2D eigenvalue weighted by Gasteiger charge is 2.31. The SMILES string of the molecule is CNc1ccc([N+](=O)[O-])cc1-c1nc(-c2ccc(C(F)(F)F)cc2O)cs1. The maximum absolute atomic E-state index is 12.7. The van der Waals surface area contributed by atoms with Crippen LogP contribution in [0.25, 0.3) is 21.8 Å². The Bertz CT molecular complexity index is 1020. The second-order valence-corrected chi connectivity index (χ2v) is 6.36. The van der Waals surface area contributed by atoms with Gasteiger partial charge in [-0.3, -0.25) is 10.1 Å². The van der Waals surface area contributed by atoms with Gasteiger partial charge in [-0.05, 0) is 24.3 Å². The molecule has 0 fully saturated rings. The first kappa shape index (κ1) is 18.6. The van der Waals surface area contributed by atoms with E-state index in [4.69, 9.17) is 0 Å². The number of alkyl halides is 3. The van der Waals surface area contributed by atoms with Crippen molar-refractivity contribution in [2.45, 2.75) is 6.18 Å². The number of rotatable bonds is 4. The lowest BCUT2D eigenvalue weighted by molar-refractivity contribution is -0.384. The number of anilines is 1. The summed E-state index contributed by atoms with van der Waals surface area (Å²) < 4.78 is 38.2. The van der Waals surface area contributed by atoms with E-state index in [2.05, 4.69) is 10.3 Å². The smallest absolute Gasteiger partial charge is 0.416 e. The van der Waals surface area contributed by atoms with E-state index in [1.54, 1.807) is 18.5 Å². The zero-order valence-corrected chi connectivity index (χ0v) is 14.6. The summed E-state index contributed by atoms with van der Waals surface area (Å²) in [5.41, 5.74) is 0.428. The average Bonchev–Trinajstić information content (AvgIpc) is 3.09. The fourth-order valence-corrected chi connectivity index (χ4v) is 3.34. The fourth-order valence-electron chi connectivity index (χ4n) is 2.49. The van der Waals surface area contributed by atoms with Crippen LogP contribution in [0.2, 0.25) is 0 Å². The summed E-state index contributed by atoms with van der Waals surface area (Å²) in [6, 6.07) is 6.90. The zero-order chi connectivity index (χ0) is 19.8. The van der Waals surface area contributed by atoms with Crippen molar-refractivity contribution < 1.29 is 23.2 Å². The second-order valence-electron chi connectivity index (χ2n) is 5.50. The number of hydrogen-bond donors (Lipinski definition) is 2. The number of phenols is 1. The van der Waals surface area contributed by atoms with Crippen molar-refractivity contribution in [1.29, 1.82) is 0 Å². The fraction of sp³-hybridized carbons (Fsp3) is 0.118. The van der Waals surface area contributed by atoms with Crippen LogP contribution < -0.4 is 5.32 Å². The van der Waals surface area contributed by atoms with Crippen molar-refractivity contribution in [2.24, 2.45) is 0 Å². The van der Waals surface area contributed by atoms with Crippen molar-refractivity contribution in [3.05, 3.63) is 57.5 Å². The summed E-state index contributed by atoms with van der Waals surface area (Å²) in [5, 5.41) is 25.9. The lowest BCUT2D eigenvalue weighted by Crippen LogP contribution is -2.04. The number of nitro benzene ring substituents is 1. The highest BCUT2D eigenvalue weighted by atomic mass is 32.1. The number of nitro groups is 1. The third kappa shape index (κ3) is 3.70. The first-order valence-electron chi connectivity index (χ1n) is 7.53. The number of nitrogens with zero attached hydrogens (tertiary/aromatic N) is 2. The molecule has 1 heterocycles. The van der Waals surface area contributed by atoms with Crippen LogP contribution in [0.5, 0.6) is 5.75 Å². The molecule has 6 nitrogen and oxygen atoms in total. The van der Waals surface area contributed by atoms with Crippen LogP contribution in [0.4, 0.5) is 24.5 Å². The van der Waals surface area contributed by atoms with Crippen LogP contribution in [-0.2, 0) is 6.18 Å². The molecule has 3 aromatic rings. The van der Waals surface area contributed by atoms with Crippen molar-refractivity contribution in [1.82, 2.24) is 4.98 Å². The first-order chi connectivity index (χ1) is 12.7. The van der Waals surface area contributed by atoms with Gasteiger partial charge in [-0.1, -0.05) is 0 Å². The van der Waals surface area contributed by atoms with E-state index in [1.807, 2.05) is 0 Å². The van der Waals surface area contributed by atoms with E-state index in [9.17, 15) is 28.4 Å². The summed E-state index contributed by atoms with van der Waals surface area (Å²) in [7, 11) is 1.65. The molecule has 0 bridgehead atoms. The number of benzene rings is 2. The monoisotopic (exact) mass is 395 g/mol. The minimum absolute atomic E-state index is 0.113. The molecular weight excluding hydrogens is 383 g/mol. The van der Waals surface area contributed by atoms with Crippen molar-refractivity contribution in [3.8, 4) is 27.6 Å². The molecular formula is C17H12F3N3O3S. The van der Waals surface area contributed by atoms with Gasteiger partial charge in [-0.2, -0.15) is 13.2 Å². The molecule has 0 amide bonds. The molecule has 0 aliphatic carbocycles. The van der Waals surface area contributed by atoms with Gasteiger partial charge in [0.2, 0.25) is 0 Å². The molecule has 27 heavy (non-hydrogen) atoms. The molecule has 0 saturated heterocycles. The number of halogens is 3. The highest BCUT2D eigenvalue weighted by molar-refractivity contribution is 7.13. The maximum Gasteiger partial charge on any atom is 0.416 e. The number of aromatic nitrogens is 1. The van der Waals surface area contributed by atoms with Gasteiger partial charge in [0, 0.05) is 41.4 Å². The van der Waals surface area contributed by atoms with Crippen LogP contribution in [0.3, 0.4) is 0 Å². The van der Waals surface area contributed by atoms with Gasteiger partial charge >= 0.3 is 6.18 Å². The van der Waals surface area contributed by atoms with Gasteiger partial charge in [0.25, 0.3) is 5.69 Å². The largest absolute Gasteiger partial charge is 0.507 e. The minimum Gasteiger partial charge on any atom is -0.507 e. The average molecular weight is 395 g/mol. The summed E-state index contributed by atoms with van der Waals surface area (Å²) in [4.78, 5) is 14.8. The van der Waals surface area contributed by atoms with E-state index in [1.165, 1.54) is 12.1 Å². The third-order valence-corrected chi connectivity index (χ3v) is 4.69. The standard InChI is InChI=1S/C17H12F3N3O3S/c1-21-13-5-3-10(23(25)26)7-12(13)16-22-14(8-27-16)11-4-2-9(6-15(11)24)17(18,19)20/h2-8,21,24H,1H3. The van der Waals surface area contributed by atoms with Gasteiger partial charge in [0.05, 0.1) is 16.2 Å². The number of thiazole rings is 1. The molecule has 0 radical (unpaired) electrons. The molecule has 0 saturated carbocycles. The molecule has 140 valence electrons. The van der Waals surface area contributed by atoms with E-state index in [0.717, 1.165) is 23.5 Å². The molecule has 10 heteroatoms. The van der Waals surface area contributed by atoms with E-state index < -0.39 is 22.4 Å². The topological polar surface area (TPSA) is 88.3 Å². The zero-order valence-electron chi connectivity index (χ0n) is 13.7. The van der Waals surface area contributed by atoms with Gasteiger partial charge in [0.1, 0.15) is 10.8 Å². The Kier molecular flexibility index (Phi) is 4.75. The van der Waals surface area contributed by atoms with Crippen LogP contribution >= 0.6 is 11.3 Å².